The molecule has 0 radical (unpaired) electrons. The fourth-order valence-electron chi connectivity index (χ4n) is 1.82. The van der Waals surface area contributed by atoms with Crippen LogP contribution in [0.5, 0.6) is 5.75 Å². The molecule has 0 saturated heterocycles. The summed E-state index contributed by atoms with van der Waals surface area (Å²) in [5.41, 5.74) is 3.20. The molecule has 1 aromatic heterocycles. The summed E-state index contributed by atoms with van der Waals surface area (Å²) >= 11 is 6.99. The first-order chi connectivity index (χ1) is 9.10. The van der Waals surface area contributed by atoms with E-state index in [1.54, 1.807) is 7.11 Å². The van der Waals surface area contributed by atoms with E-state index in [9.17, 15) is 0 Å². The summed E-state index contributed by atoms with van der Waals surface area (Å²) in [7, 11) is 1.67. The zero-order valence-corrected chi connectivity index (χ0v) is 13.9. The van der Waals surface area contributed by atoms with Crippen molar-refractivity contribution in [2.45, 2.75) is 13.5 Å². The van der Waals surface area contributed by atoms with Gasteiger partial charge in [0.05, 0.1) is 17.3 Å². The number of halogens is 2. The smallest absolute Gasteiger partial charge is 0.138 e. The number of pyridine rings is 1. The van der Waals surface area contributed by atoms with Gasteiger partial charge in [0.15, 0.2) is 0 Å². The van der Waals surface area contributed by atoms with Gasteiger partial charge in [0.25, 0.3) is 0 Å². The van der Waals surface area contributed by atoms with E-state index in [-0.39, 0.29) is 0 Å². The van der Waals surface area contributed by atoms with E-state index in [0.29, 0.717) is 6.54 Å². The third kappa shape index (κ3) is 3.70. The van der Waals surface area contributed by atoms with Crippen molar-refractivity contribution in [3.63, 3.8) is 0 Å². The Morgan fingerprint density at radius 1 is 1.21 bits per heavy atom. The zero-order chi connectivity index (χ0) is 13.8. The largest absolute Gasteiger partial charge is 0.495 e. The maximum absolute atomic E-state index is 5.42. The molecule has 0 unspecified atom stereocenters. The number of aryl methyl sites for hydroxylation is 1. The van der Waals surface area contributed by atoms with Crippen LogP contribution in [0.15, 0.2) is 39.5 Å². The van der Waals surface area contributed by atoms with Gasteiger partial charge < -0.3 is 10.1 Å². The van der Waals surface area contributed by atoms with Crippen LogP contribution in [0.3, 0.4) is 0 Å². The molecule has 0 aliphatic rings. The van der Waals surface area contributed by atoms with Crippen molar-refractivity contribution in [1.82, 2.24) is 4.98 Å². The van der Waals surface area contributed by atoms with Gasteiger partial charge in [-0.25, -0.2) is 0 Å². The van der Waals surface area contributed by atoms with E-state index in [4.69, 9.17) is 4.74 Å². The number of nitrogens with zero attached hydrogens (tertiary/aromatic N) is 1. The van der Waals surface area contributed by atoms with Crippen molar-refractivity contribution in [2.75, 3.05) is 12.4 Å². The van der Waals surface area contributed by atoms with Gasteiger partial charge in [-0.3, -0.25) is 4.98 Å². The maximum atomic E-state index is 5.42. The van der Waals surface area contributed by atoms with Crippen LogP contribution in [0.2, 0.25) is 0 Å². The summed E-state index contributed by atoms with van der Waals surface area (Å²) in [6, 6.07) is 6.07. The van der Waals surface area contributed by atoms with Crippen molar-refractivity contribution in [3.8, 4) is 5.75 Å². The van der Waals surface area contributed by atoms with Crippen LogP contribution in [-0.4, -0.2) is 12.1 Å². The number of anilines is 1. The van der Waals surface area contributed by atoms with Crippen LogP contribution in [0.25, 0.3) is 0 Å². The molecular weight excluding hydrogens is 372 g/mol. The molecule has 0 amide bonds. The summed E-state index contributed by atoms with van der Waals surface area (Å²) < 4.78 is 7.37. The number of benzene rings is 1. The molecule has 0 aliphatic heterocycles. The van der Waals surface area contributed by atoms with Gasteiger partial charge in [0.2, 0.25) is 0 Å². The number of rotatable bonds is 4. The van der Waals surface area contributed by atoms with Crippen LogP contribution in [0.1, 0.15) is 11.1 Å². The SMILES string of the molecule is COc1c(Br)cc(Br)cc1CNc1cncc(C)c1. The summed E-state index contributed by atoms with van der Waals surface area (Å²) in [5.74, 6) is 0.844. The Morgan fingerprint density at radius 2 is 2.00 bits per heavy atom. The Balaban J connectivity index is 2.19. The molecule has 100 valence electrons. The van der Waals surface area contributed by atoms with Gasteiger partial charge in [-0.15, -0.1) is 0 Å². The highest BCUT2D eigenvalue weighted by Gasteiger charge is 2.09. The van der Waals surface area contributed by atoms with Crippen molar-refractivity contribution >= 4 is 37.5 Å². The first-order valence-corrected chi connectivity index (χ1v) is 7.36. The molecule has 19 heavy (non-hydrogen) atoms. The predicted octanol–water partition coefficient (Wildman–Crippen LogP) is 4.54. The lowest BCUT2D eigenvalue weighted by atomic mass is 10.2. The van der Waals surface area contributed by atoms with Crippen LogP contribution in [0.4, 0.5) is 5.69 Å². The highest BCUT2D eigenvalue weighted by atomic mass is 79.9. The van der Waals surface area contributed by atoms with Gasteiger partial charge in [0.1, 0.15) is 5.75 Å². The average Bonchev–Trinajstić information content (AvgIpc) is 2.36. The molecule has 0 aliphatic carbocycles. The lowest BCUT2D eigenvalue weighted by Gasteiger charge is -2.13. The number of methoxy groups -OCH3 is 1. The Morgan fingerprint density at radius 3 is 2.68 bits per heavy atom. The summed E-state index contributed by atoms with van der Waals surface area (Å²) in [4.78, 5) is 4.16. The molecule has 0 saturated carbocycles. The van der Waals surface area contributed by atoms with Gasteiger partial charge in [-0.05, 0) is 46.6 Å². The van der Waals surface area contributed by atoms with E-state index in [0.717, 1.165) is 31.5 Å². The summed E-state index contributed by atoms with van der Waals surface area (Å²) in [6.07, 6.45) is 3.65. The fraction of sp³-hybridized carbons (Fsp3) is 0.214. The van der Waals surface area contributed by atoms with Crippen LogP contribution < -0.4 is 10.1 Å². The van der Waals surface area contributed by atoms with E-state index >= 15 is 0 Å². The molecule has 0 atom stereocenters. The third-order valence-electron chi connectivity index (χ3n) is 2.65. The number of hydrogen-bond donors (Lipinski definition) is 1. The first kappa shape index (κ1) is 14.3. The lowest BCUT2D eigenvalue weighted by molar-refractivity contribution is 0.407. The molecule has 0 spiro atoms. The Kier molecular flexibility index (Phi) is 4.82. The second-order valence-electron chi connectivity index (χ2n) is 4.18. The minimum Gasteiger partial charge on any atom is -0.495 e. The van der Waals surface area contributed by atoms with E-state index in [1.807, 2.05) is 31.5 Å². The molecule has 1 N–H and O–H groups in total. The highest BCUT2D eigenvalue weighted by Crippen LogP contribution is 2.33. The Hall–Kier alpha value is -1.07. The fourth-order valence-corrected chi connectivity index (χ4v) is 3.30. The second kappa shape index (κ2) is 6.39. The number of nitrogens with one attached hydrogen (secondary N) is 1. The molecule has 3 nitrogen and oxygen atoms in total. The highest BCUT2D eigenvalue weighted by molar-refractivity contribution is 9.11. The molecule has 2 rings (SSSR count). The standard InChI is InChI=1S/C14H14Br2N2O/c1-9-3-12(8-17-6-9)18-7-10-4-11(15)5-13(16)14(10)19-2/h3-6,8,18H,7H2,1-2H3. The van der Waals surface area contributed by atoms with Gasteiger partial charge in [0, 0.05) is 29.0 Å². The van der Waals surface area contributed by atoms with Crippen molar-refractivity contribution in [1.29, 1.82) is 0 Å². The zero-order valence-electron chi connectivity index (χ0n) is 10.7. The molecule has 0 bridgehead atoms. The molecule has 1 heterocycles. The molecule has 2 aromatic rings. The van der Waals surface area contributed by atoms with Crippen LogP contribution in [0, 0.1) is 6.92 Å². The minimum absolute atomic E-state index is 0.673. The van der Waals surface area contributed by atoms with Crippen molar-refractivity contribution < 1.29 is 4.74 Å². The Bertz CT molecular complexity index is 588. The topological polar surface area (TPSA) is 34.1 Å². The lowest BCUT2D eigenvalue weighted by Crippen LogP contribution is -2.03. The Labute approximate surface area is 129 Å². The van der Waals surface area contributed by atoms with Gasteiger partial charge in [-0.2, -0.15) is 0 Å². The average molecular weight is 386 g/mol. The number of aromatic nitrogens is 1. The number of ether oxygens (including phenoxy) is 1. The van der Waals surface area contributed by atoms with Crippen LogP contribution >= 0.6 is 31.9 Å². The first-order valence-electron chi connectivity index (χ1n) is 5.77. The summed E-state index contributed by atoms with van der Waals surface area (Å²) in [6.45, 7) is 2.70. The van der Waals surface area contributed by atoms with Crippen molar-refractivity contribution in [3.05, 3.63) is 50.7 Å². The molecule has 0 fully saturated rings. The van der Waals surface area contributed by atoms with Crippen LogP contribution in [-0.2, 0) is 6.54 Å². The number of hydrogen-bond acceptors (Lipinski definition) is 3. The van der Waals surface area contributed by atoms with Gasteiger partial charge >= 0.3 is 0 Å². The monoisotopic (exact) mass is 384 g/mol. The molecular formula is C14H14Br2N2O. The minimum atomic E-state index is 0.673. The summed E-state index contributed by atoms with van der Waals surface area (Å²) in [5, 5.41) is 3.35. The molecule has 5 heteroatoms. The maximum Gasteiger partial charge on any atom is 0.138 e. The van der Waals surface area contributed by atoms with E-state index in [2.05, 4.69) is 48.2 Å². The van der Waals surface area contributed by atoms with E-state index in [1.165, 1.54) is 0 Å². The second-order valence-corrected chi connectivity index (χ2v) is 5.95. The van der Waals surface area contributed by atoms with E-state index < -0.39 is 0 Å². The third-order valence-corrected chi connectivity index (χ3v) is 3.69. The van der Waals surface area contributed by atoms with Crippen molar-refractivity contribution in [2.24, 2.45) is 0 Å². The quantitative estimate of drug-likeness (QED) is 0.839. The molecule has 1 aromatic carbocycles. The predicted molar refractivity (Wildman–Crippen MR) is 84.7 cm³/mol. The van der Waals surface area contributed by atoms with Gasteiger partial charge in [-0.1, -0.05) is 15.9 Å². The normalized spacial score (nSPS) is 10.3.